The quantitative estimate of drug-likeness (QED) is 0.606. The molecule has 2 aromatic rings. The second-order valence-corrected chi connectivity index (χ2v) is 5.04. The molecule has 0 heterocycles. The number of benzene rings is 2. The van der Waals surface area contributed by atoms with Crippen LogP contribution in [0.2, 0.25) is 0 Å². The summed E-state index contributed by atoms with van der Waals surface area (Å²) >= 11 is 0. The van der Waals surface area contributed by atoms with Gasteiger partial charge in [-0.15, -0.1) is 0 Å². The number of carbonyl (C=O) groups excluding carboxylic acids is 2. The van der Waals surface area contributed by atoms with E-state index in [0.29, 0.717) is 22.6 Å². The van der Waals surface area contributed by atoms with Gasteiger partial charge in [-0.05, 0) is 49.2 Å². The number of ketones is 1. The molecule has 0 aliphatic heterocycles. The van der Waals surface area contributed by atoms with Crippen molar-refractivity contribution in [3.63, 3.8) is 0 Å². The fourth-order valence-electron chi connectivity index (χ4n) is 2.02. The Morgan fingerprint density at radius 2 is 1.82 bits per heavy atom. The lowest BCUT2D eigenvalue weighted by molar-refractivity contribution is 0.0919. The van der Waals surface area contributed by atoms with Crippen LogP contribution in [0.5, 0.6) is 11.5 Å². The summed E-state index contributed by atoms with van der Waals surface area (Å²) in [6.07, 6.45) is 0.729. The Balaban J connectivity index is 2.10. The first-order valence-electron chi connectivity index (χ1n) is 6.91. The number of ether oxygens (including phenoxy) is 2. The summed E-state index contributed by atoms with van der Waals surface area (Å²) in [5, 5.41) is 0. The van der Waals surface area contributed by atoms with Crippen molar-refractivity contribution in [1.29, 1.82) is 0 Å². The minimum Gasteiger partial charge on any atom is -0.493 e. The first-order chi connectivity index (χ1) is 10.5. The van der Waals surface area contributed by atoms with Crippen molar-refractivity contribution in [2.75, 3.05) is 13.7 Å². The first kappa shape index (κ1) is 15.8. The van der Waals surface area contributed by atoms with Crippen LogP contribution in [0, 0.1) is 13.8 Å². The van der Waals surface area contributed by atoms with Crippen molar-refractivity contribution in [3.8, 4) is 11.5 Å². The van der Waals surface area contributed by atoms with Crippen molar-refractivity contribution in [3.05, 3.63) is 58.7 Å². The molecular formula is C18H18O4. The monoisotopic (exact) mass is 298 g/mol. The van der Waals surface area contributed by atoms with Crippen LogP contribution in [0.4, 0.5) is 0 Å². The van der Waals surface area contributed by atoms with E-state index >= 15 is 0 Å². The van der Waals surface area contributed by atoms with E-state index in [0.717, 1.165) is 17.4 Å². The zero-order chi connectivity index (χ0) is 16.1. The van der Waals surface area contributed by atoms with Crippen molar-refractivity contribution < 1.29 is 19.1 Å². The average molecular weight is 298 g/mol. The lowest BCUT2D eigenvalue weighted by atomic mass is 10.0. The van der Waals surface area contributed by atoms with Gasteiger partial charge >= 0.3 is 0 Å². The number of carbonyl (C=O) groups is 2. The molecule has 0 unspecified atom stereocenters. The summed E-state index contributed by atoms with van der Waals surface area (Å²) < 4.78 is 10.7. The molecule has 0 aliphatic carbocycles. The molecule has 114 valence electrons. The molecule has 4 nitrogen and oxygen atoms in total. The molecule has 0 aromatic heterocycles. The van der Waals surface area contributed by atoms with Gasteiger partial charge in [0, 0.05) is 11.1 Å². The van der Waals surface area contributed by atoms with E-state index in [4.69, 9.17) is 9.47 Å². The SMILES string of the molecule is COc1cc(C=O)ccc1OCC(=O)c1ccc(C)c(C)c1. The normalized spacial score (nSPS) is 10.1. The number of hydrogen-bond donors (Lipinski definition) is 0. The van der Waals surface area contributed by atoms with E-state index in [-0.39, 0.29) is 12.4 Å². The topological polar surface area (TPSA) is 52.6 Å². The number of aryl methyl sites for hydroxylation is 2. The minimum absolute atomic E-state index is 0.0840. The van der Waals surface area contributed by atoms with Gasteiger partial charge in [-0.25, -0.2) is 0 Å². The maximum absolute atomic E-state index is 12.2. The Labute approximate surface area is 129 Å². The van der Waals surface area contributed by atoms with E-state index < -0.39 is 0 Å². The largest absolute Gasteiger partial charge is 0.493 e. The standard InChI is InChI=1S/C18H18O4/c1-12-4-6-15(8-13(12)2)16(20)11-22-17-7-5-14(10-19)9-18(17)21-3/h4-10H,11H2,1-3H3. The number of Topliss-reactive ketones (excluding diaryl/α,β-unsaturated/α-hetero) is 1. The predicted octanol–water partition coefficient (Wildman–Crippen LogP) is 3.39. The van der Waals surface area contributed by atoms with E-state index in [1.807, 2.05) is 26.0 Å². The van der Waals surface area contributed by atoms with Crippen LogP contribution in [0.1, 0.15) is 31.8 Å². The van der Waals surface area contributed by atoms with E-state index in [1.165, 1.54) is 7.11 Å². The number of aldehydes is 1. The van der Waals surface area contributed by atoms with Crippen molar-refractivity contribution in [2.45, 2.75) is 13.8 Å². The van der Waals surface area contributed by atoms with Crippen molar-refractivity contribution >= 4 is 12.1 Å². The fraction of sp³-hybridized carbons (Fsp3) is 0.222. The highest BCUT2D eigenvalue weighted by Crippen LogP contribution is 2.27. The van der Waals surface area contributed by atoms with Crippen LogP contribution in [0.15, 0.2) is 36.4 Å². The number of methoxy groups -OCH3 is 1. The lowest BCUT2D eigenvalue weighted by Gasteiger charge is -2.11. The third-order valence-electron chi connectivity index (χ3n) is 3.51. The molecule has 22 heavy (non-hydrogen) atoms. The van der Waals surface area contributed by atoms with Crippen LogP contribution >= 0.6 is 0 Å². The zero-order valence-electron chi connectivity index (χ0n) is 12.9. The fourth-order valence-corrected chi connectivity index (χ4v) is 2.02. The maximum Gasteiger partial charge on any atom is 0.200 e. The molecule has 0 amide bonds. The van der Waals surface area contributed by atoms with Gasteiger partial charge in [-0.3, -0.25) is 9.59 Å². The summed E-state index contributed by atoms with van der Waals surface area (Å²) in [5.74, 6) is 0.757. The molecule has 2 aromatic carbocycles. The smallest absolute Gasteiger partial charge is 0.200 e. The maximum atomic E-state index is 12.2. The Morgan fingerprint density at radius 1 is 1.05 bits per heavy atom. The van der Waals surface area contributed by atoms with Crippen molar-refractivity contribution in [1.82, 2.24) is 0 Å². The zero-order valence-corrected chi connectivity index (χ0v) is 12.9. The van der Waals surface area contributed by atoms with Crippen LogP contribution in [0.25, 0.3) is 0 Å². The van der Waals surface area contributed by atoms with Crippen LogP contribution in [-0.4, -0.2) is 25.8 Å². The second kappa shape index (κ2) is 6.89. The van der Waals surface area contributed by atoms with Gasteiger partial charge in [0.25, 0.3) is 0 Å². The highest BCUT2D eigenvalue weighted by molar-refractivity contribution is 5.97. The van der Waals surface area contributed by atoms with Gasteiger partial charge in [0.15, 0.2) is 23.9 Å². The summed E-state index contributed by atoms with van der Waals surface area (Å²) in [6.45, 7) is 3.88. The molecule has 0 saturated heterocycles. The Bertz CT molecular complexity index is 704. The molecule has 4 heteroatoms. The summed E-state index contributed by atoms with van der Waals surface area (Å²) in [5.41, 5.74) is 3.32. The third-order valence-corrected chi connectivity index (χ3v) is 3.51. The summed E-state index contributed by atoms with van der Waals surface area (Å²) in [7, 11) is 1.49. The lowest BCUT2D eigenvalue weighted by Crippen LogP contribution is -2.12. The van der Waals surface area contributed by atoms with Gasteiger partial charge in [-0.1, -0.05) is 12.1 Å². The summed E-state index contributed by atoms with van der Waals surface area (Å²) in [4.78, 5) is 22.9. The van der Waals surface area contributed by atoms with Crippen LogP contribution < -0.4 is 9.47 Å². The molecular weight excluding hydrogens is 280 g/mol. The molecule has 0 bridgehead atoms. The van der Waals surface area contributed by atoms with Gasteiger partial charge in [-0.2, -0.15) is 0 Å². The second-order valence-electron chi connectivity index (χ2n) is 5.04. The van der Waals surface area contributed by atoms with Gasteiger partial charge in [0.05, 0.1) is 7.11 Å². The van der Waals surface area contributed by atoms with Crippen LogP contribution in [0.3, 0.4) is 0 Å². The molecule has 0 saturated carbocycles. The molecule has 0 radical (unpaired) electrons. The van der Waals surface area contributed by atoms with Gasteiger partial charge in [0.1, 0.15) is 6.29 Å². The summed E-state index contributed by atoms with van der Waals surface area (Å²) in [6, 6.07) is 10.4. The molecule has 0 spiro atoms. The molecule has 0 N–H and O–H groups in total. The predicted molar refractivity (Wildman–Crippen MR) is 84.1 cm³/mol. The van der Waals surface area contributed by atoms with Crippen LogP contribution in [-0.2, 0) is 0 Å². The Morgan fingerprint density at radius 3 is 2.45 bits per heavy atom. The molecule has 2 rings (SSSR count). The Kier molecular flexibility index (Phi) is 4.94. The molecule has 0 fully saturated rings. The van der Waals surface area contributed by atoms with E-state index in [1.54, 1.807) is 24.3 Å². The van der Waals surface area contributed by atoms with Gasteiger partial charge < -0.3 is 9.47 Å². The highest BCUT2D eigenvalue weighted by atomic mass is 16.5. The highest BCUT2D eigenvalue weighted by Gasteiger charge is 2.11. The number of rotatable bonds is 6. The number of hydrogen-bond acceptors (Lipinski definition) is 4. The first-order valence-corrected chi connectivity index (χ1v) is 6.91. The van der Waals surface area contributed by atoms with E-state index in [2.05, 4.69) is 0 Å². The minimum atomic E-state index is -0.107. The molecule has 0 aliphatic rings. The van der Waals surface area contributed by atoms with E-state index in [9.17, 15) is 9.59 Å². The van der Waals surface area contributed by atoms with Crippen molar-refractivity contribution in [2.24, 2.45) is 0 Å². The Hall–Kier alpha value is -2.62. The molecule has 0 atom stereocenters. The third kappa shape index (κ3) is 3.52. The average Bonchev–Trinajstić information content (AvgIpc) is 2.54. The van der Waals surface area contributed by atoms with Gasteiger partial charge in [0.2, 0.25) is 0 Å².